The highest BCUT2D eigenvalue weighted by Gasteiger charge is 2.23. The van der Waals surface area contributed by atoms with Crippen molar-refractivity contribution in [1.29, 1.82) is 0 Å². The van der Waals surface area contributed by atoms with Crippen LogP contribution in [0.1, 0.15) is 44.7 Å². The molecule has 0 spiro atoms. The minimum Gasteiger partial charge on any atom is -0.313 e. The Morgan fingerprint density at radius 1 is 1.21 bits per heavy atom. The molecule has 1 aromatic carbocycles. The summed E-state index contributed by atoms with van der Waals surface area (Å²) in [6, 6.07) is 12.0. The summed E-state index contributed by atoms with van der Waals surface area (Å²) in [4.78, 5) is 2.67. The van der Waals surface area contributed by atoms with Crippen molar-refractivity contribution >= 4 is 0 Å². The molecule has 0 amide bonds. The molecule has 1 aliphatic rings. The standard InChI is InChI=1S/C17H28N2/c1-14-9-10-15(2)19(13-14)12-11-17(18-3)16-7-5-4-6-8-16/h4-8,14-15,17-18H,9-13H2,1-3H3. The molecule has 106 valence electrons. The topological polar surface area (TPSA) is 15.3 Å². The SMILES string of the molecule is CNC(CCN1CC(C)CCC1C)c1ccccc1. The van der Waals surface area contributed by atoms with Gasteiger partial charge in [0.25, 0.3) is 0 Å². The van der Waals surface area contributed by atoms with Gasteiger partial charge in [-0.3, -0.25) is 0 Å². The van der Waals surface area contributed by atoms with Crippen molar-refractivity contribution in [3.63, 3.8) is 0 Å². The smallest absolute Gasteiger partial charge is 0.0329 e. The van der Waals surface area contributed by atoms with E-state index in [0.29, 0.717) is 6.04 Å². The molecule has 0 radical (unpaired) electrons. The Bertz CT molecular complexity index is 363. The van der Waals surface area contributed by atoms with Crippen LogP contribution < -0.4 is 5.32 Å². The number of hydrogen-bond acceptors (Lipinski definition) is 2. The summed E-state index contributed by atoms with van der Waals surface area (Å²) < 4.78 is 0. The number of hydrogen-bond donors (Lipinski definition) is 1. The fraction of sp³-hybridized carbons (Fsp3) is 0.647. The van der Waals surface area contributed by atoms with Gasteiger partial charge in [0, 0.05) is 25.2 Å². The second-order valence-electron chi connectivity index (χ2n) is 6.07. The Kier molecular flexibility index (Phi) is 5.41. The highest BCUT2D eigenvalue weighted by Crippen LogP contribution is 2.23. The molecule has 0 saturated carbocycles. The monoisotopic (exact) mass is 260 g/mol. The lowest BCUT2D eigenvalue weighted by molar-refractivity contribution is 0.119. The van der Waals surface area contributed by atoms with E-state index in [-0.39, 0.29) is 0 Å². The van der Waals surface area contributed by atoms with E-state index in [1.807, 2.05) is 0 Å². The Balaban J connectivity index is 1.89. The van der Waals surface area contributed by atoms with Crippen LogP contribution in [0.15, 0.2) is 30.3 Å². The summed E-state index contributed by atoms with van der Waals surface area (Å²) in [6.45, 7) is 7.23. The highest BCUT2D eigenvalue weighted by atomic mass is 15.2. The summed E-state index contributed by atoms with van der Waals surface area (Å²) in [5, 5.41) is 3.46. The van der Waals surface area contributed by atoms with Crippen LogP contribution in [0, 0.1) is 5.92 Å². The maximum absolute atomic E-state index is 3.46. The first kappa shape index (κ1) is 14.5. The van der Waals surface area contributed by atoms with Crippen LogP contribution in [0.2, 0.25) is 0 Å². The van der Waals surface area contributed by atoms with E-state index in [1.165, 1.54) is 37.9 Å². The lowest BCUT2D eigenvalue weighted by atomic mass is 9.94. The highest BCUT2D eigenvalue weighted by molar-refractivity contribution is 5.18. The van der Waals surface area contributed by atoms with Crippen LogP contribution in [-0.2, 0) is 0 Å². The average Bonchev–Trinajstić information content (AvgIpc) is 2.44. The Labute approximate surface area is 118 Å². The van der Waals surface area contributed by atoms with Crippen LogP contribution in [0.25, 0.3) is 0 Å². The Morgan fingerprint density at radius 2 is 1.95 bits per heavy atom. The van der Waals surface area contributed by atoms with Gasteiger partial charge in [-0.2, -0.15) is 0 Å². The third-order valence-electron chi connectivity index (χ3n) is 4.50. The fourth-order valence-electron chi connectivity index (χ4n) is 3.15. The largest absolute Gasteiger partial charge is 0.313 e. The number of benzene rings is 1. The number of nitrogens with zero attached hydrogens (tertiary/aromatic N) is 1. The van der Waals surface area contributed by atoms with Crippen molar-refractivity contribution in [2.24, 2.45) is 5.92 Å². The van der Waals surface area contributed by atoms with Gasteiger partial charge in [0.05, 0.1) is 0 Å². The van der Waals surface area contributed by atoms with Crippen LogP contribution in [0.3, 0.4) is 0 Å². The van der Waals surface area contributed by atoms with Gasteiger partial charge in [-0.25, -0.2) is 0 Å². The zero-order valence-corrected chi connectivity index (χ0v) is 12.6. The zero-order valence-electron chi connectivity index (χ0n) is 12.6. The molecule has 0 aromatic heterocycles. The van der Waals surface area contributed by atoms with Gasteiger partial charge >= 0.3 is 0 Å². The van der Waals surface area contributed by atoms with E-state index in [2.05, 4.69) is 61.4 Å². The van der Waals surface area contributed by atoms with Gasteiger partial charge in [0.15, 0.2) is 0 Å². The summed E-state index contributed by atoms with van der Waals surface area (Å²) >= 11 is 0. The first-order valence-electron chi connectivity index (χ1n) is 7.67. The van der Waals surface area contributed by atoms with Crippen LogP contribution in [0.5, 0.6) is 0 Å². The predicted molar refractivity (Wildman–Crippen MR) is 82.3 cm³/mol. The van der Waals surface area contributed by atoms with Crippen molar-refractivity contribution in [2.75, 3.05) is 20.1 Å². The van der Waals surface area contributed by atoms with E-state index in [0.717, 1.165) is 12.0 Å². The lowest BCUT2D eigenvalue weighted by Gasteiger charge is -2.37. The summed E-state index contributed by atoms with van der Waals surface area (Å²) in [5.74, 6) is 0.862. The summed E-state index contributed by atoms with van der Waals surface area (Å²) in [7, 11) is 2.07. The van der Waals surface area contributed by atoms with Crippen LogP contribution in [-0.4, -0.2) is 31.1 Å². The molecule has 2 nitrogen and oxygen atoms in total. The molecular formula is C17H28N2. The van der Waals surface area contributed by atoms with Gasteiger partial charge in [-0.15, -0.1) is 0 Å². The van der Waals surface area contributed by atoms with Gasteiger partial charge in [0.1, 0.15) is 0 Å². The normalized spacial score (nSPS) is 26.3. The molecule has 2 rings (SSSR count). The number of piperidine rings is 1. The number of rotatable bonds is 5. The van der Waals surface area contributed by atoms with Crippen molar-refractivity contribution in [1.82, 2.24) is 10.2 Å². The maximum atomic E-state index is 3.46. The average molecular weight is 260 g/mol. The summed E-state index contributed by atoms with van der Waals surface area (Å²) in [5.41, 5.74) is 1.41. The minimum absolute atomic E-state index is 0.477. The third-order valence-corrected chi connectivity index (χ3v) is 4.50. The van der Waals surface area contributed by atoms with E-state index in [1.54, 1.807) is 0 Å². The van der Waals surface area contributed by atoms with Gasteiger partial charge < -0.3 is 10.2 Å². The van der Waals surface area contributed by atoms with E-state index >= 15 is 0 Å². The molecule has 3 atom stereocenters. The molecule has 1 heterocycles. The van der Waals surface area contributed by atoms with Crippen molar-refractivity contribution in [3.05, 3.63) is 35.9 Å². The van der Waals surface area contributed by atoms with Crippen molar-refractivity contribution in [3.8, 4) is 0 Å². The Hall–Kier alpha value is -0.860. The first-order valence-corrected chi connectivity index (χ1v) is 7.67. The molecule has 1 aromatic rings. The predicted octanol–water partition coefficient (Wildman–Crippen LogP) is 3.46. The number of nitrogens with one attached hydrogen (secondary N) is 1. The first-order chi connectivity index (χ1) is 9.20. The van der Waals surface area contributed by atoms with Gasteiger partial charge in [-0.1, -0.05) is 37.3 Å². The Morgan fingerprint density at radius 3 is 2.63 bits per heavy atom. The quantitative estimate of drug-likeness (QED) is 0.872. The van der Waals surface area contributed by atoms with E-state index < -0.39 is 0 Å². The third kappa shape index (κ3) is 4.05. The van der Waals surface area contributed by atoms with Crippen LogP contribution >= 0.6 is 0 Å². The second-order valence-corrected chi connectivity index (χ2v) is 6.07. The van der Waals surface area contributed by atoms with Crippen molar-refractivity contribution < 1.29 is 0 Å². The molecule has 0 bridgehead atoms. The molecule has 1 saturated heterocycles. The van der Waals surface area contributed by atoms with Gasteiger partial charge in [-0.05, 0) is 44.7 Å². The molecule has 0 aliphatic carbocycles. The maximum Gasteiger partial charge on any atom is 0.0329 e. The van der Waals surface area contributed by atoms with E-state index in [9.17, 15) is 0 Å². The van der Waals surface area contributed by atoms with Crippen LogP contribution in [0.4, 0.5) is 0 Å². The zero-order chi connectivity index (χ0) is 13.7. The molecule has 1 fully saturated rings. The second kappa shape index (κ2) is 7.06. The lowest BCUT2D eigenvalue weighted by Crippen LogP contribution is -2.42. The van der Waals surface area contributed by atoms with Gasteiger partial charge in [0.2, 0.25) is 0 Å². The molecule has 19 heavy (non-hydrogen) atoms. The number of likely N-dealkylation sites (tertiary alicyclic amines) is 1. The van der Waals surface area contributed by atoms with E-state index in [4.69, 9.17) is 0 Å². The molecule has 2 heteroatoms. The molecule has 1 N–H and O–H groups in total. The van der Waals surface area contributed by atoms with Crippen molar-refractivity contribution in [2.45, 2.75) is 45.2 Å². The molecular weight excluding hydrogens is 232 g/mol. The molecule has 1 aliphatic heterocycles. The fourth-order valence-corrected chi connectivity index (χ4v) is 3.15. The summed E-state index contributed by atoms with van der Waals surface area (Å²) in [6.07, 6.45) is 3.94. The minimum atomic E-state index is 0.477. The molecule has 3 unspecified atom stereocenters.